The number of aryl methyl sites for hydroxylation is 2. The fourth-order valence-corrected chi connectivity index (χ4v) is 4.68. The van der Waals surface area contributed by atoms with E-state index in [-0.39, 0.29) is 17.1 Å². The van der Waals surface area contributed by atoms with Crippen molar-refractivity contribution in [3.8, 4) is 17.2 Å². The Morgan fingerprint density at radius 3 is 2.58 bits per heavy atom. The van der Waals surface area contributed by atoms with Crippen LogP contribution in [-0.4, -0.2) is 22.2 Å². The number of aromatic carboxylic acids is 1. The van der Waals surface area contributed by atoms with Crippen LogP contribution < -0.4 is 4.74 Å². The minimum atomic E-state index is -1.01. The lowest BCUT2D eigenvalue weighted by Crippen LogP contribution is -2.39. The second-order valence-electron chi connectivity index (χ2n) is 9.33. The predicted molar refractivity (Wildman–Crippen MR) is 121 cm³/mol. The molecule has 1 fully saturated rings. The number of rotatable bonds is 4. The molecule has 5 nitrogen and oxygen atoms in total. The van der Waals surface area contributed by atoms with Gasteiger partial charge < -0.3 is 14.3 Å². The van der Waals surface area contributed by atoms with E-state index in [1.165, 1.54) is 0 Å². The molecule has 158 valence electrons. The SMILES string of the molecule is Cc1c(-c2cc(C(=O)O)c3c(OC4CC(C)(C)C4)ccc(C)c3n2)oc2ccccc12. The summed E-state index contributed by atoms with van der Waals surface area (Å²) in [7, 11) is 0. The third kappa shape index (κ3) is 3.25. The van der Waals surface area contributed by atoms with Crippen LogP contribution in [0.2, 0.25) is 0 Å². The monoisotopic (exact) mass is 415 g/mol. The highest BCUT2D eigenvalue weighted by atomic mass is 16.5. The van der Waals surface area contributed by atoms with Gasteiger partial charge in [0.1, 0.15) is 17.0 Å². The molecule has 4 aromatic rings. The quantitative estimate of drug-likeness (QED) is 0.410. The van der Waals surface area contributed by atoms with Gasteiger partial charge in [-0.3, -0.25) is 0 Å². The summed E-state index contributed by atoms with van der Waals surface area (Å²) in [5.41, 5.74) is 4.20. The molecule has 0 spiro atoms. The lowest BCUT2D eigenvalue weighted by atomic mass is 9.70. The number of carboxylic acid groups (broad SMARTS) is 1. The number of furan rings is 1. The Bertz CT molecular complexity index is 1340. The first-order chi connectivity index (χ1) is 14.7. The van der Waals surface area contributed by atoms with Gasteiger partial charge in [0, 0.05) is 10.9 Å². The van der Waals surface area contributed by atoms with Crippen molar-refractivity contribution in [1.82, 2.24) is 4.98 Å². The van der Waals surface area contributed by atoms with Gasteiger partial charge in [0.15, 0.2) is 5.76 Å². The van der Waals surface area contributed by atoms with Crippen LogP contribution in [0.1, 0.15) is 48.2 Å². The van der Waals surface area contributed by atoms with E-state index in [9.17, 15) is 9.90 Å². The Labute approximate surface area is 180 Å². The van der Waals surface area contributed by atoms with E-state index in [4.69, 9.17) is 14.1 Å². The van der Waals surface area contributed by atoms with E-state index >= 15 is 0 Å². The van der Waals surface area contributed by atoms with Crippen LogP contribution in [0.5, 0.6) is 5.75 Å². The molecule has 0 aliphatic heterocycles. The van der Waals surface area contributed by atoms with Crippen LogP contribution in [0.4, 0.5) is 0 Å². The number of fused-ring (bicyclic) bond motifs is 2. The first-order valence-electron chi connectivity index (χ1n) is 10.6. The summed E-state index contributed by atoms with van der Waals surface area (Å²) in [5, 5.41) is 11.6. The van der Waals surface area contributed by atoms with Gasteiger partial charge in [-0.05, 0) is 55.9 Å². The normalized spacial score (nSPS) is 15.9. The van der Waals surface area contributed by atoms with Crippen molar-refractivity contribution in [2.45, 2.75) is 46.6 Å². The molecule has 1 N–H and O–H groups in total. The van der Waals surface area contributed by atoms with Gasteiger partial charge in [-0.15, -0.1) is 0 Å². The van der Waals surface area contributed by atoms with Gasteiger partial charge in [-0.1, -0.05) is 38.1 Å². The minimum Gasteiger partial charge on any atom is -0.490 e. The van der Waals surface area contributed by atoms with Crippen molar-refractivity contribution in [2.24, 2.45) is 5.41 Å². The molecule has 5 heteroatoms. The summed E-state index contributed by atoms with van der Waals surface area (Å²) in [6.07, 6.45) is 2.00. The number of pyridine rings is 1. The van der Waals surface area contributed by atoms with E-state index in [1.54, 1.807) is 6.07 Å². The Kier molecular flexibility index (Phi) is 4.33. The highest BCUT2D eigenvalue weighted by molar-refractivity contribution is 6.07. The number of nitrogens with zero attached hydrogens (tertiary/aromatic N) is 1. The summed E-state index contributed by atoms with van der Waals surface area (Å²) < 4.78 is 12.3. The first-order valence-corrected chi connectivity index (χ1v) is 10.6. The number of hydrogen-bond donors (Lipinski definition) is 1. The standard InChI is InChI=1S/C26H25NO4/c1-14-9-10-21(30-16-12-26(3,4)13-16)22-18(25(28)29)11-19(27-23(14)22)24-15(2)17-7-5-6-8-20(17)31-24/h5-11,16H,12-13H2,1-4H3,(H,28,29). The number of aromatic nitrogens is 1. The molecule has 2 heterocycles. The van der Waals surface area contributed by atoms with E-state index < -0.39 is 5.97 Å². The van der Waals surface area contributed by atoms with Crippen molar-refractivity contribution < 1.29 is 19.1 Å². The second kappa shape index (κ2) is 6.84. The average molecular weight is 415 g/mol. The molecular formula is C26H25NO4. The number of ether oxygens (including phenoxy) is 1. The smallest absolute Gasteiger partial charge is 0.336 e. The highest BCUT2D eigenvalue weighted by Gasteiger charge is 2.38. The van der Waals surface area contributed by atoms with Gasteiger partial charge in [-0.2, -0.15) is 0 Å². The summed E-state index contributed by atoms with van der Waals surface area (Å²) in [4.78, 5) is 17.1. The molecule has 1 aliphatic rings. The third-order valence-electron chi connectivity index (χ3n) is 6.28. The van der Waals surface area contributed by atoms with Crippen LogP contribution >= 0.6 is 0 Å². The maximum absolute atomic E-state index is 12.3. The van der Waals surface area contributed by atoms with Gasteiger partial charge in [0.2, 0.25) is 0 Å². The highest BCUT2D eigenvalue weighted by Crippen LogP contribution is 2.44. The molecule has 0 atom stereocenters. The molecular weight excluding hydrogens is 390 g/mol. The van der Waals surface area contributed by atoms with Gasteiger partial charge in [0.25, 0.3) is 0 Å². The molecule has 2 aromatic heterocycles. The first kappa shape index (κ1) is 19.6. The molecule has 0 bridgehead atoms. The summed E-state index contributed by atoms with van der Waals surface area (Å²) in [5.74, 6) is 0.169. The Morgan fingerprint density at radius 1 is 1.16 bits per heavy atom. The molecule has 0 saturated heterocycles. The van der Waals surface area contributed by atoms with E-state index in [0.29, 0.717) is 28.1 Å². The maximum atomic E-state index is 12.3. The van der Waals surface area contributed by atoms with Crippen molar-refractivity contribution in [3.63, 3.8) is 0 Å². The number of carbonyl (C=O) groups is 1. The van der Waals surface area contributed by atoms with Crippen molar-refractivity contribution >= 4 is 27.8 Å². The van der Waals surface area contributed by atoms with Gasteiger partial charge >= 0.3 is 5.97 Å². The van der Waals surface area contributed by atoms with Crippen molar-refractivity contribution in [1.29, 1.82) is 0 Å². The Morgan fingerprint density at radius 2 is 1.90 bits per heavy atom. The van der Waals surface area contributed by atoms with Crippen LogP contribution in [0.15, 0.2) is 46.9 Å². The third-order valence-corrected chi connectivity index (χ3v) is 6.28. The molecule has 31 heavy (non-hydrogen) atoms. The second-order valence-corrected chi connectivity index (χ2v) is 9.33. The zero-order valence-corrected chi connectivity index (χ0v) is 18.2. The van der Waals surface area contributed by atoms with Crippen LogP contribution in [0, 0.1) is 19.3 Å². The Balaban J connectivity index is 1.69. The lowest BCUT2D eigenvalue weighted by molar-refractivity contribution is 0.0115. The van der Waals surface area contributed by atoms with Crippen LogP contribution in [0.25, 0.3) is 33.3 Å². The van der Waals surface area contributed by atoms with Crippen LogP contribution in [0.3, 0.4) is 0 Å². The maximum Gasteiger partial charge on any atom is 0.336 e. The van der Waals surface area contributed by atoms with E-state index in [2.05, 4.69) is 13.8 Å². The van der Waals surface area contributed by atoms with Gasteiger partial charge in [0.05, 0.1) is 22.6 Å². The molecule has 1 saturated carbocycles. The zero-order chi connectivity index (χ0) is 21.9. The molecule has 1 aliphatic carbocycles. The number of benzene rings is 2. The average Bonchev–Trinajstić information content (AvgIpc) is 3.05. The Hall–Kier alpha value is -3.34. The summed E-state index contributed by atoms with van der Waals surface area (Å²) in [6, 6.07) is 13.2. The van der Waals surface area contributed by atoms with E-state index in [1.807, 2.05) is 50.2 Å². The number of para-hydroxylation sites is 1. The molecule has 0 unspecified atom stereocenters. The van der Waals surface area contributed by atoms with Crippen molar-refractivity contribution in [2.75, 3.05) is 0 Å². The van der Waals surface area contributed by atoms with Crippen molar-refractivity contribution in [3.05, 3.63) is 59.2 Å². The number of hydrogen-bond acceptors (Lipinski definition) is 4. The molecule has 5 rings (SSSR count). The predicted octanol–water partition coefficient (Wildman–Crippen LogP) is 6.53. The molecule has 0 amide bonds. The fourth-order valence-electron chi connectivity index (χ4n) is 4.68. The van der Waals surface area contributed by atoms with Crippen LogP contribution in [-0.2, 0) is 0 Å². The summed E-state index contributed by atoms with van der Waals surface area (Å²) in [6.45, 7) is 8.34. The number of carboxylic acids is 1. The largest absolute Gasteiger partial charge is 0.490 e. The summed E-state index contributed by atoms with van der Waals surface area (Å²) >= 11 is 0. The van der Waals surface area contributed by atoms with E-state index in [0.717, 1.165) is 34.9 Å². The lowest BCUT2D eigenvalue weighted by Gasteiger charge is -2.42. The van der Waals surface area contributed by atoms with Gasteiger partial charge in [-0.25, -0.2) is 9.78 Å². The zero-order valence-electron chi connectivity index (χ0n) is 18.2. The molecule has 2 aromatic carbocycles. The fraction of sp³-hybridized carbons (Fsp3) is 0.308. The topological polar surface area (TPSA) is 72.6 Å². The molecule has 0 radical (unpaired) electrons. The minimum absolute atomic E-state index is 0.0971.